The van der Waals surface area contributed by atoms with Gasteiger partial charge in [-0.1, -0.05) is 75.8 Å². The zero-order valence-electron chi connectivity index (χ0n) is 14.7. The Kier molecular flexibility index (Phi) is 7.29. The van der Waals surface area contributed by atoms with Crippen molar-refractivity contribution in [2.24, 2.45) is 0 Å². The molecule has 0 unspecified atom stereocenters. The molecule has 0 bridgehead atoms. The highest BCUT2D eigenvalue weighted by atomic mass is 79.9. The SMILES string of the molecule is O=C(CCCN1C(=O)/C(=C/c2ccccc2Cl)SC1=S)Nc1cccc(Br)c1. The highest BCUT2D eigenvalue weighted by Gasteiger charge is 2.31. The molecule has 0 saturated carbocycles. The summed E-state index contributed by atoms with van der Waals surface area (Å²) in [6.07, 6.45) is 2.57. The van der Waals surface area contributed by atoms with E-state index < -0.39 is 0 Å². The van der Waals surface area contributed by atoms with Gasteiger partial charge in [0.15, 0.2) is 0 Å². The second-order valence-electron chi connectivity index (χ2n) is 6.02. The fourth-order valence-electron chi connectivity index (χ4n) is 2.61. The Balaban J connectivity index is 1.55. The maximum atomic E-state index is 12.6. The number of amides is 2. The Morgan fingerprint density at radius 3 is 2.79 bits per heavy atom. The number of nitrogens with zero attached hydrogens (tertiary/aromatic N) is 1. The third kappa shape index (κ3) is 5.44. The summed E-state index contributed by atoms with van der Waals surface area (Å²) in [6, 6.07) is 14.7. The van der Waals surface area contributed by atoms with Crippen molar-refractivity contribution >= 4 is 79.4 Å². The van der Waals surface area contributed by atoms with Gasteiger partial charge in [0.25, 0.3) is 5.91 Å². The number of rotatable bonds is 6. The van der Waals surface area contributed by atoms with E-state index in [4.69, 9.17) is 23.8 Å². The average molecular weight is 496 g/mol. The van der Waals surface area contributed by atoms with E-state index in [0.29, 0.717) is 33.6 Å². The Morgan fingerprint density at radius 2 is 2.04 bits per heavy atom. The van der Waals surface area contributed by atoms with Crippen molar-refractivity contribution in [1.82, 2.24) is 4.90 Å². The van der Waals surface area contributed by atoms with Gasteiger partial charge in [0.2, 0.25) is 5.91 Å². The fraction of sp³-hybridized carbons (Fsp3) is 0.150. The molecule has 0 aliphatic carbocycles. The van der Waals surface area contributed by atoms with Gasteiger partial charge in [0.1, 0.15) is 4.32 Å². The molecule has 1 aliphatic heterocycles. The normalized spacial score (nSPS) is 15.4. The molecule has 1 heterocycles. The summed E-state index contributed by atoms with van der Waals surface area (Å²) in [7, 11) is 0. The van der Waals surface area contributed by atoms with Gasteiger partial charge < -0.3 is 5.32 Å². The standard InChI is InChI=1S/C20H16BrClN2O2S2/c21-14-6-3-7-15(12-14)23-18(25)9-4-10-24-19(26)17(28-20(24)27)11-13-5-1-2-8-16(13)22/h1-3,5-8,11-12H,4,9-10H2,(H,23,25)/b17-11-. The summed E-state index contributed by atoms with van der Waals surface area (Å²) in [5.41, 5.74) is 1.51. The van der Waals surface area contributed by atoms with Crippen LogP contribution in [-0.4, -0.2) is 27.6 Å². The number of thioether (sulfide) groups is 1. The van der Waals surface area contributed by atoms with E-state index in [1.807, 2.05) is 42.5 Å². The van der Waals surface area contributed by atoms with Crippen LogP contribution in [0.2, 0.25) is 5.02 Å². The van der Waals surface area contributed by atoms with E-state index in [1.165, 1.54) is 16.7 Å². The highest BCUT2D eigenvalue weighted by Crippen LogP contribution is 2.33. The van der Waals surface area contributed by atoms with Crippen molar-refractivity contribution in [1.29, 1.82) is 0 Å². The number of hydrogen-bond donors (Lipinski definition) is 1. The molecule has 8 heteroatoms. The van der Waals surface area contributed by atoms with Gasteiger partial charge in [-0.2, -0.15) is 0 Å². The molecule has 1 fully saturated rings. The first-order chi connectivity index (χ1) is 13.4. The first-order valence-corrected chi connectivity index (χ1v) is 10.9. The summed E-state index contributed by atoms with van der Waals surface area (Å²) in [5, 5.41) is 3.42. The van der Waals surface area contributed by atoms with Gasteiger partial charge in [0, 0.05) is 28.1 Å². The lowest BCUT2D eigenvalue weighted by atomic mass is 10.2. The van der Waals surface area contributed by atoms with Gasteiger partial charge in [-0.3, -0.25) is 14.5 Å². The van der Waals surface area contributed by atoms with Crippen LogP contribution in [-0.2, 0) is 9.59 Å². The summed E-state index contributed by atoms with van der Waals surface area (Å²) < 4.78 is 1.39. The third-order valence-corrected chi connectivity index (χ3v) is 6.17. The molecule has 2 aromatic rings. The van der Waals surface area contributed by atoms with Crippen molar-refractivity contribution in [2.45, 2.75) is 12.8 Å². The lowest BCUT2D eigenvalue weighted by Crippen LogP contribution is -2.29. The number of anilines is 1. The van der Waals surface area contributed by atoms with Crippen molar-refractivity contribution < 1.29 is 9.59 Å². The van der Waals surface area contributed by atoms with Gasteiger partial charge in [-0.25, -0.2) is 0 Å². The summed E-state index contributed by atoms with van der Waals surface area (Å²) in [6.45, 7) is 0.399. The number of thiocarbonyl (C=S) groups is 1. The quantitative estimate of drug-likeness (QED) is 0.411. The maximum absolute atomic E-state index is 12.6. The molecule has 0 spiro atoms. The molecular weight excluding hydrogens is 480 g/mol. The lowest BCUT2D eigenvalue weighted by Gasteiger charge is -2.14. The molecule has 0 radical (unpaired) electrons. The van der Waals surface area contributed by atoms with Crippen LogP contribution in [0, 0.1) is 0 Å². The van der Waals surface area contributed by atoms with Crippen molar-refractivity contribution in [3.05, 3.63) is 68.5 Å². The van der Waals surface area contributed by atoms with E-state index >= 15 is 0 Å². The zero-order chi connectivity index (χ0) is 20.1. The van der Waals surface area contributed by atoms with Crippen LogP contribution in [0.1, 0.15) is 18.4 Å². The topological polar surface area (TPSA) is 49.4 Å². The Hall–Kier alpha value is -1.67. The smallest absolute Gasteiger partial charge is 0.266 e. The number of nitrogens with one attached hydrogen (secondary N) is 1. The first-order valence-electron chi connectivity index (χ1n) is 8.49. The van der Waals surface area contributed by atoms with Gasteiger partial charge in [-0.05, 0) is 42.3 Å². The van der Waals surface area contributed by atoms with Crippen LogP contribution in [0.4, 0.5) is 5.69 Å². The van der Waals surface area contributed by atoms with Gasteiger partial charge in [0.05, 0.1) is 4.91 Å². The van der Waals surface area contributed by atoms with Crippen LogP contribution in [0.15, 0.2) is 57.9 Å². The van der Waals surface area contributed by atoms with Gasteiger partial charge in [-0.15, -0.1) is 0 Å². The monoisotopic (exact) mass is 494 g/mol. The number of halogens is 2. The van der Waals surface area contributed by atoms with Crippen molar-refractivity contribution in [2.75, 3.05) is 11.9 Å². The molecule has 1 N–H and O–H groups in total. The molecule has 1 saturated heterocycles. The van der Waals surface area contributed by atoms with E-state index in [2.05, 4.69) is 21.2 Å². The van der Waals surface area contributed by atoms with Crippen LogP contribution >= 0.6 is 51.5 Å². The minimum atomic E-state index is -0.151. The minimum Gasteiger partial charge on any atom is -0.326 e. The summed E-state index contributed by atoms with van der Waals surface area (Å²) >= 11 is 16.1. The number of hydrogen-bond acceptors (Lipinski definition) is 4. The molecular formula is C20H16BrClN2O2S2. The number of benzene rings is 2. The average Bonchev–Trinajstić information content (AvgIpc) is 2.91. The molecule has 3 rings (SSSR count). The molecule has 144 valence electrons. The van der Waals surface area contributed by atoms with E-state index in [1.54, 1.807) is 12.1 Å². The van der Waals surface area contributed by atoms with Crippen LogP contribution in [0.25, 0.3) is 6.08 Å². The largest absolute Gasteiger partial charge is 0.326 e. The lowest BCUT2D eigenvalue weighted by molar-refractivity contribution is -0.122. The minimum absolute atomic E-state index is 0.102. The molecule has 2 aromatic carbocycles. The fourth-order valence-corrected chi connectivity index (χ4v) is 4.50. The molecule has 0 atom stereocenters. The third-order valence-electron chi connectivity index (χ3n) is 3.96. The van der Waals surface area contributed by atoms with Crippen LogP contribution in [0.5, 0.6) is 0 Å². The maximum Gasteiger partial charge on any atom is 0.266 e. The van der Waals surface area contributed by atoms with Crippen molar-refractivity contribution in [3.63, 3.8) is 0 Å². The van der Waals surface area contributed by atoms with Gasteiger partial charge >= 0.3 is 0 Å². The van der Waals surface area contributed by atoms with Crippen molar-refractivity contribution in [3.8, 4) is 0 Å². The zero-order valence-corrected chi connectivity index (χ0v) is 18.6. The molecule has 4 nitrogen and oxygen atoms in total. The van der Waals surface area contributed by atoms with E-state index in [0.717, 1.165) is 15.7 Å². The molecule has 2 amide bonds. The number of carbonyl (C=O) groups excluding carboxylic acids is 2. The van der Waals surface area contributed by atoms with Crippen LogP contribution < -0.4 is 5.32 Å². The molecule has 0 aromatic heterocycles. The molecule has 28 heavy (non-hydrogen) atoms. The van der Waals surface area contributed by atoms with Crippen LogP contribution in [0.3, 0.4) is 0 Å². The first kappa shape index (κ1) is 21.0. The Labute approximate surface area is 186 Å². The summed E-state index contributed by atoms with van der Waals surface area (Å²) in [5.74, 6) is -0.252. The predicted octanol–water partition coefficient (Wildman–Crippen LogP) is 5.72. The highest BCUT2D eigenvalue weighted by molar-refractivity contribution is 9.10. The second-order valence-corrected chi connectivity index (χ2v) is 9.02. The number of carbonyl (C=O) groups is 2. The van der Waals surface area contributed by atoms with E-state index in [-0.39, 0.29) is 11.8 Å². The van der Waals surface area contributed by atoms with E-state index in [9.17, 15) is 9.59 Å². The molecule has 1 aliphatic rings. The Morgan fingerprint density at radius 1 is 1.25 bits per heavy atom. The summed E-state index contributed by atoms with van der Waals surface area (Å²) in [4.78, 5) is 26.8. The predicted molar refractivity (Wildman–Crippen MR) is 123 cm³/mol. The Bertz CT molecular complexity index is 965. The second kappa shape index (κ2) is 9.69.